The van der Waals surface area contributed by atoms with Crippen molar-refractivity contribution in [1.29, 1.82) is 0 Å². The third kappa shape index (κ3) is 3.29. The minimum absolute atomic E-state index is 0.145. The number of aromatic nitrogens is 1. The van der Waals surface area contributed by atoms with Crippen LogP contribution in [-0.4, -0.2) is 63.2 Å². The smallest absolute Gasteiger partial charge is 0.224 e. The number of carbonyl (C=O) groups excluding carboxylic acids is 1. The van der Waals surface area contributed by atoms with Crippen molar-refractivity contribution in [3.63, 3.8) is 0 Å². The van der Waals surface area contributed by atoms with E-state index in [-0.39, 0.29) is 31.0 Å². The maximum absolute atomic E-state index is 12.2. The molecule has 0 spiro atoms. The molecule has 7 nitrogen and oxygen atoms in total. The summed E-state index contributed by atoms with van der Waals surface area (Å²) in [6.45, 7) is 2.01. The summed E-state index contributed by atoms with van der Waals surface area (Å²) in [6.07, 6.45) is -1.18. The van der Waals surface area contributed by atoms with E-state index in [0.29, 0.717) is 0 Å². The van der Waals surface area contributed by atoms with Gasteiger partial charge in [-0.1, -0.05) is 18.2 Å². The molecule has 7 N–H and O–H groups in total. The number of aromatic amines is 1. The van der Waals surface area contributed by atoms with Crippen molar-refractivity contribution in [1.82, 2.24) is 10.3 Å². The molecule has 5 atom stereocenters. The van der Waals surface area contributed by atoms with E-state index < -0.39 is 18.3 Å². The number of H-pyrrole nitrogens is 1. The molecule has 1 fully saturated rings. The van der Waals surface area contributed by atoms with E-state index in [9.17, 15) is 20.1 Å². The van der Waals surface area contributed by atoms with E-state index in [4.69, 9.17) is 0 Å². The number of aliphatic hydroxyl groups excluding tert-OH is 3. The zero-order valence-corrected chi connectivity index (χ0v) is 13.5. The predicted molar refractivity (Wildman–Crippen MR) is 88.2 cm³/mol. The molecule has 0 unspecified atom stereocenters. The maximum atomic E-state index is 12.2. The van der Waals surface area contributed by atoms with Crippen LogP contribution < -0.4 is 10.6 Å². The van der Waals surface area contributed by atoms with Crippen molar-refractivity contribution in [3.8, 4) is 0 Å². The molecule has 2 heterocycles. The van der Waals surface area contributed by atoms with Crippen LogP contribution in [0.15, 0.2) is 30.5 Å². The second-order valence-electron chi connectivity index (χ2n) is 6.53. The Hall–Kier alpha value is -1.93. The fourth-order valence-corrected chi connectivity index (χ4v) is 3.32. The van der Waals surface area contributed by atoms with Gasteiger partial charge in [-0.15, -0.1) is 0 Å². The van der Waals surface area contributed by atoms with Crippen LogP contribution in [0, 0.1) is 0 Å². The third-order valence-corrected chi connectivity index (χ3v) is 4.79. The first-order chi connectivity index (χ1) is 11.5. The molecule has 0 saturated carbocycles. The summed E-state index contributed by atoms with van der Waals surface area (Å²) in [5.74, 6) is -0.145. The van der Waals surface area contributed by atoms with Crippen LogP contribution in [0.2, 0.25) is 0 Å². The molecule has 7 heteroatoms. The summed E-state index contributed by atoms with van der Waals surface area (Å²) < 4.78 is 0. The van der Waals surface area contributed by atoms with Crippen molar-refractivity contribution in [3.05, 3.63) is 36.0 Å². The summed E-state index contributed by atoms with van der Waals surface area (Å²) in [6, 6.07) is 7.16. The summed E-state index contributed by atoms with van der Waals surface area (Å²) in [4.78, 5) is 15.3. The molecule has 1 aliphatic rings. The van der Waals surface area contributed by atoms with Gasteiger partial charge in [0.2, 0.25) is 5.91 Å². The number of nitrogens with two attached hydrogens (primary N) is 1. The molecule has 0 aliphatic carbocycles. The zero-order valence-electron chi connectivity index (χ0n) is 13.5. The van der Waals surface area contributed by atoms with Crippen LogP contribution >= 0.6 is 0 Å². The van der Waals surface area contributed by atoms with Crippen LogP contribution in [-0.2, 0) is 11.2 Å². The first kappa shape index (κ1) is 16.9. The Bertz CT molecular complexity index is 717. The number of hydrogen-bond donors (Lipinski definition) is 6. The van der Waals surface area contributed by atoms with Gasteiger partial charge >= 0.3 is 0 Å². The monoisotopic (exact) mass is 334 g/mol. The highest BCUT2D eigenvalue weighted by Gasteiger charge is 2.43. The van der Waals surface area contributed by atoms with Crippen molar-refractivity contribution in [2.75, 3.05) is 6.54 Å². The fourth-order valence-electron chi connectivity index (χ4n) is 3.32. The lowest BCUT2D eigenvalue weighted by Gasteiger charge is -2.37. The standard InChI is InChI=1S/C17H23N3O4/c1-9-15(22)17(24)16(23)13(20-9)8-19-14(21)6-10-7-18-12-5-3-2-4-11(10)12/h2-5,7,9,13,15-18,20,22-24H,6,8H2,1H3,(H,19,21)/p+1/t9-,13+,15+,16+,17+/m0/s1. The van der Waals surface area contributed by atoms with Crippen molar-refractivity contribution in [2.45, 2.75) is 43.7 Å². The summed E-state index contributed by atoms with van der Waals surface area (Å²) in [5.41, 5.74) is 1.90. The van der Waals surface area contributed by atoms with Crippen LogP contribution in [0.3, 0.4) is 0 Å². The van der Waals surface area contributed by atoms with Gasteiger partial charge in [0.1, 0.15) is 30.4 Å². The van der Waals surface area contributed by atoms with Gasteiger partial charge in [-0.25, -0.2) is 0 Å². The number of rotatable bonds is 4. The number of hydrogen-bond acceptors (Lipinski definition) is 4. The Morgan fingerprint density at radius 3 is 2.75 bits per heavy atom. The van der Waals surface area contributed by atoms with E-state index in [0.717, 1.165) is 16.5 Å². The largest absolute Gasteiger partial charge is 0.387 e. The number of amides is 1. The molecule has 1 aromatic carbocycles. The third-order valence-electron chi connectivity index (χ3n) is 4.79. The average molecular weight is 334 g/mol. The zero-order chi connectivity index (χ0) is 17.3. The molecule has 1 aromatic heterocycles. The molecule has 1 saturated heterocycles. The molecule has 2 aromatic rings. The van der Waals surface area contributed by atoms with Gasteiger partial charge in [-0.3, -0.25) is 4.79 Å². The number of nitrogens with one attached hydrogen (secondary N) is 2. The number of aliphatic hydroxyl groups is 3. The topological polar surface area (TPSA) is 122 Å². The van der Waals surface area contributed by atoms with E-state index >= 15 is 0 Å². The number of para-hydroxylation sites is 1. The minimum Gasteiger partial charge on any atom is -0.387 e. The predicted octanol–water partition coefficient (Wildman–Crippen LogP) is -1.76. The molecular weight excluding hydrogens is 310 g/mol. The maximum Gasteiger partial charge on any atom is 0.224 e. The summed E-state index contributed by atoms with van der Waals surface area (Å²) in [7, 11) is 0. The van der Waals surface area contributed by atoms with E-state index in [1.54, 1.807) is 12.2 Å². The van der Waals surface area contributed by atoms with Crippen LogP contribution in [0.1, 0.15) is 12.5 Å². The van der Waals surface area contributed by atoms with Gasteiger partial charge in [0, 0.05) is 17.1 Å². The van der Waals surface area contributed by atoms with E-state index in [2.05, 4.69) is 10.3 Å². The van der Waals surface area contributed by atoms with Crippen LogP contribution in [0.25, 0.3) is 10.9 Å². The van der Waals surface area contributed by atoms with Crippen molar-refractivity contribution in [2.24, 2.45) is 0 Å². The molecular formula is C17H24N3O4+. The Labute approximate surface area is 139 Å². The van der Waals surface area contributed by atoms with Gasteiger partial charge in [-0.05, 0) is 18.6 Å². The van der Waals surface area contributed by atoms with Crippen molar-refractivity contribution < 1.29 is 25.4 Å². The van der Waals surface area contributed by atoms with Gasteiger partial charge in [-0.2, -0.15) is 0 Å². The SMILES string of the molecule is C[C@@H]1[NH2+][C@H](CNC(=O)Cc2c[nH]c3ccccc23)[C@@H](O)[C@H](O)[C@@H]1O. The summed E-state index contributed by atoms with van der Waals surface area (Å²) >= 11 is 0. The molecule has 1 amide bonds. The van der Waals surface area contributed by atoms with E-state index in [1.807, 2.05) is 30.5 Å². The van der Waals surface area contributed by atoms with Crippen molar-refractivity contribution >= 4 is 16.8 Å². The second kappa shape index (κ2) is 6.90. The lowest BCUT2D eigenvalue weighted by atomic mass is 9.91. The Morgan fingerprint density at radius 2 is 1.96 bits per heavy atom. The highest BCUT2D eigenvalue weighted by atomic mass is 16.4. The molecule has 0 radical (unpaired) electrons. The number of carbonyl (C=O) groups is 1. The first-order valence-electron chi connectivity index (χ1n) is 8.18. The lowest BCUT2D eigenvalue weighted by Crippen LogP contribution is -3.03. The molecule has 3 rings (SSSR count). The first-order valence-corrected chi connectivity index (χ1v) is 8.18. The fraction of sp³-hybridized carbons (Fsp3) is 0.471. The van der Waals surface area contributed by atoms with Crippen LogP contribution in [0.5, 0.6) is 0 Å². The van der Waals surface area contributed by atoms with Gasteiger partial charge in [0.15, 0.2) is 0 Å². The highest BCUT2D eigenvalue weighted by Crippen LogP contribution is 2.18. The van der Waals surface area contributed by atoms with Gasteiger partial charge < -0.3 is 30.9 Å². The quantitative estimate of drug-likeness (QED) is 0.397. The highest BCUT2D eigenvalue weighted by molar-refractivity contribution is 5.88. The van der Waals surface area contributed by atoms with Gasteiger partial charge in [0.25, 0.3) is 0 Å². The Balaban J connectivity index is 1.58. The molecule has 1 aliphatic heterocycles. The van der Waals surface area contributed by atoms with Gasteiger partial charge in [0.05, 0.1) is 13.0 Å². The number of benzene rings is 1. The molecule has 0 bridgehead atoms. The molecule has 24 heavy (non-hydrogen) atoms. The average Bonchev–Trinajstić information content (AvgIpc) is 2.98. The number of piperidine rings is 1. The number of quaternary nitrogens is 1. The Morgan fingerprint density at radius 1 is 1.21 bits per heavy atom. The molecule has 130 valence electrons. The minimum atomic E-state index is -1.19. The second-order valence-corrected chi connectivity index (χ2v) is 6.53. The van der Waals surface area contributed by atoms with E-state index in [1.165, 1.54) is 0 Å². The summed E-state index contributed by atoms with van der Waals surface area (Å²) in [5, 5.41) is 35.2. The normalized spacial score (nSPS) is 30.4. The number of fused-ring (bicyclic) bond motifs is 1. The lowest BCUT2D eigenvalue weighted by molar-refractivity contribution is -0.743. The Kier molecular flexibility index (Phi) is 4.86. The van der Waals surface area contributed by atoms with Crippen LogP contribution in [0.4, 0.5) is 0 Å².